The summed E-state index contributed by atoms with van der Waals surface area (Å²) in [5, 5.41) is 3.25. The van der Waals surface area contributed by atoms with Crippen LogP contribution in [-0.4, -0.2) is 32.6 Å². The van der Waals surface area contributed by atoms with Gasteiger partial charge in [-0.05, 0) is 31.5 Å². The van der Waals surface area contributed by atoms with Crippen LogP contribution >= 0.6 is 23.2 Å². The quantitative estimate of drug-likeness (QED) is 0.560. The van der Waals surface area contributed by atoms with Crippen LogP contribution in [0.1, 0.15) is 12.5 Å². The fraction of sp³-hybridized carbons (Fsp3) is 0.250. The smallest absolute Gasteiger partial charge is 0.332 e. The summed E-state index contributed by atoms with van der Waals surface area (Å²) in [7, 11) is 0. The van der Waals surface area contributed by atoms with Crippen LogP contribution in [0.3, 0.4) is 0 Å². The number of nitrogens with zero attached hydrogens (tertiary/aromatic N) is 3. The Hall–Kier alpha value is -3.17. The number of aromatic nitrogens is 3. The van der Waals surface area contributed by atoms with Gasteiger partial charge in [-0.2, -0.15) is 0 Å². The second-order valence-corrected chi connectivity index (χ2v) is 7.32. The molecule has 11 heteroatoms. The monoisotopic (exact) mass is 464 g/mol. The minimum Gasteiger partial charge on any atom is -0.454 e. The highest BCUT2D eigenvalue weighted by Crippen LogP contribution is 2.28. The van der Waals surface area contributed by atoms with Gasteiger partial charge in [-0.3, -0.25) is 23.5 Å². The van der Waals surface area contributed by atoms with Crippen LogP contribution in [-0.2, 0) is 27.4 Å². The molecule has 0 unspecified atom stereocenters. The van der Waals surface area contributed by atoms with Crippen LogP contribution in [0.2, 0.25) is 10.0 Å². The maximum absolute atomic E-state index is 12.7. The van der Waals surface area contributed by atoms with Crippen molar-refractivity contribution >= 4 is 51.8 Å². The van der Waals surface area contributed by atoms with Crippen molar-refractivity contribution in [3.63, 3.8) is 0 Å². The van der Waals surface area contributed by atoms with Gasteiger partial charge in [0.1, 0.15) is 6.54 Å². The number of benzene rings is 1. The van der Waals surface area contributed by atoms with Crippen molar-refractivity contribution in [2.45, 2.75) is 26.9 Å². The van der Waals surface area contributed by atoms with E-state index in [1.54, 1.807) is 38.1 Å². The van der Waals surface area contributed by atoms with Gasteiger partial charge in [0.2, 0.25) is 0 Å². The zero-order valence-electron chi connectivity index (χ0n) is 16.6. The summed E-state index contributed by atoms with van der Waals surface area (Å²) in [4.78, 5) is 53.4. The van der Waals surface area contributed by atoms with Gasteiger partial charge in [0.25, 0.3) is 11.5 Å². The van der Waals surface area contributed by atoms with Gasteiger partial charge in [-0.15, -0.1) is 0 Å². The maximum Gasteiger partial charge on any atom is 0.332 e. The number of halogens is 2. The molecule has 0 aliphatic carbocycles. The zero-order valence-corrected chi connectivity index (χ0v) is 18.2. The number of hydrogen-bond donors (Lipinski definition) is 1. The second kappa shape index (κ2) is 9.32. The molecule has 0 fully saturated rings. The molecule has 3 rings (SSSR count). The lowest BCUT2D eigenvalue weighted by atomic mass is 10.2. The van der Waals surface area contributed by atoms with Crippen molar-refractivity contribution in [1.82, 2.24) is 14.1 Å². The van der Waals surface area contributed by atoms with Gasteiger partial charge in [0.15, 0.2) is 12.4 Å². The fourth-order valence-corrected chi connectivity index (χ4v) is 3.33. The fourth-order valence-electron chi connectivity index (χ4n) is 2.94. The van der Waals surface area contributed by atoms with Crippen LogP contribution in [0.4, 0.5) is 5.82 Å². The van der Waals surface area contributed by atoms with E-state index < -0.39 is 36.3 Å². The molecular weight excluding hydrogens is 447 g/mol. The van der Waals surface area contributed by atoms with Crippen molar-refractivity contribution < 1.29 is 14.3 Å². The summed E-state index contributed by atoms with van der Waals surface area (Å²) in [6.45, 7) is 2.39. The summed E-state index contributed by atoms with van der Waals surface area (Å²) in [5.41, 5.74) is -0.228. The molecule has 2 aromatic heterocycles. The van der Waals surface area contributed by atoms with E-state index in [2.05, 4.69) is 10.3 Å². The van der Waals surface area contributed by atoms with E-state index in [9.17, 15) is 19.2 Å². The van der Waals surface area contributed by atoms with Crippen molar-refractivity contribution in [1.29, 1.82) is 0 Å². The van der Waals surface area contributed by atoms with E-state index in [0.717, 1.165) is 9.13 Å². The lowest BCUT2D eigenvalue weighted by molar-refractivity contribution is -0.147. The number of anilines is 1. The summed E-state index contributed by atoms with van der Waals surface area (Å²) in [6.07, 6.45) is 1.34. The van der Waals surface area contributed by atoms with E-state index >= 15 is 0 Å². The van der Waals surface area contributed by atoms with E-state index in [0.29, 0.717) is 21.5 Å². The highest BCUT2D eigenvalue weighted by atomic mass is 35.5. The Labute approximate surface area is 186 Å². The van der Waals surface area contributed by atoms with E-state index in [1.807, 2.05) is 0 Å². The molecule has 31 heavy (non-hydrogen) atoms. The average molecular weight is 465 g/mol. The number of fused-ring (bicyclic) bond motifs is 1. The van der Waals surface area contributed by atoms with Gasteiger partial charge in [0.05, 0.1) is 20.9 Å². The third-order valence-electron chi connectivity index (χ3n) is 4.56. The number of carbonyl (C=O) groups is 2. The molecule has 162 valence electrons. The minimum absolute atomic E-state index is 0.0850. The minimum atomic E-state index is -0.824. The second-order valence-electron chi connectivity index (χ2n) is 6.54. The largest absolute Gasteiger partial charge is 0.454 e. The third-order valence-corrected chi connectivity index (χ3v) is 5.40. The molecule has 1 aromatic carbocycles. The van der Waals surface area contributed by atoms with Gasteiger partial charge in [0, 0.05) is 12.7 Å². The topological polar surface area (TPSA) is 112 Å². The predicted octanol–water partition coefficient (Wildman–Crippen LogP) is 2.38. The number of rotatable bonds is 6. The third kappa shape index (κ3) is 4.62. The van der Waals surface area contributed by atoms with Crippen molar-refractivity contribution in [3.8, 4) is 0 Å². The molecule has 1 amide bonds. The molecular formula is C20H18Cl2N4O5. The Balaban J connectivity index is 1.74. The number of hydrogen-bond acceptors (Lipinski definition) is 6. The van der Waals surface area contributed by atoms with Crippen LogP contribution in [0.25, 0.3) is 10.9 Å². The van der Waals surface area contributed by atoms with Gasteiger partial charge < -0.3 is 10.1 Å². The average Bonchev–Trinajstić information content (AvgIpc) is 2.76. The first-order chi connectivity index (χ1) is 14.7. The number of para-hydroxylation sites is 1. The first kappa shape index (κ1) is 22.5. The Kier molecular flexibility index (Phi) is 6.77. The van der Waals surface area contributed by atoms with Crippen molar-refractivity contribution in [3.05, 3.63) is 66.9 Å². The Bertz CT molecular complexity index is 1300. The molecule has 0 aliphatic heterocycles. The lowest BCUT2D eigenvalue weighted by Crippen LogP contribution is -2.41. The summed E-state index contributed by atoms with van der Waals surface area (Å²) in [5.74, 6) is -1.41. The Morgan fingerprint density at radius 2 is 1.87 bits per heavy atom. The molecule has 0 saturated heterocycles. The summed E-state index contributed by atoms with van der Waals surface area (Å²) >= 11 is 12.0. The first-order valence-electron chi connectivity index (χ1n) is 9.23. The molecule has 0 aliphatic rings. The van der Waals surface area contributed by atoms with Crippen LogP contribution < -0.4 is 16.6 Å². The van der Waals surface area contributed by atoms with Gasteiger partial charge in [-0.25, -0.2) is 9.78 Å². The van der Waals surface area contributed by atoms with Crippen molar-refractivity contribution in [2.24, 2.45) is 0 Å². The predicted molar refractivity (Wildman–Crippen MR) is 117 cm³/mol. The molecule has 2 heterocycles. The summed E-state index contributed by atoms with van der Waals surface area (Å²) < 4.78 is 7.15. The lowest BCUT2D eigenvalue weighted by Gasteiger charge is -2.13. The maximum atomic E-state index is 12.7. The van der Waals surface area contributed by atoms with E-state index in [-0.39, 0.29) is 17.4 Å². The standard InChI is InChI=1S/C20H18Cl2N4O5/c1-3-25-19(29)12-6-4-5-7-14(12)26(20(25)30)9-16(28)31-10-15(27)24-18-17(22)11(2)13(21)8-23-18/h4-8H,3,9-10H2,1-2H3,(H,23,24,27). The number of nitrogens with one attached hydrogen (secondary N) is 1. The van der Waals surface area contributed by atoms with Gasteiger partial charge >= 0.3 is 11.7 Å². The highest BCUT2D eigenvalue weighted by molar-refractivity contribution is 6.37. The number of carbonyl (C=O) groups excluding carboxylic acids is 2. The Morgan fingerprint density at radius 1 is 1.16 bits per heavy atom. The molecule has 0 spiro atoms. The zero-order chi connectivity index (χ0) is 22.7. The van der Waals surface area contributed by atoms with Crippen LogP contribution in [0, 0.1) is 6.92 Å². The number of esters is 1. The number of ether oxygens (including phenoxy) is 1. The van der Waals surface area contributed by atoms with Crippen molar-refractivity contribution in [2.75, 3.05) is 11.9 Å². The SMILES string of the molecule is CCn1c(=O)c2ccccc2n(CC(=O)OCC(=O)Nc2ncc(Cl)c(C)c2Cl)c1=O. The highest BCUT2D eigenvalue weighted by Gasteiger charge is 2.17. The van der Waals surface area contributed by atoms with Gasteiger partial charge in [-0.1, -0.05) is 35.3 Å². The molecule has 0 radical (unpaired) electrons. The molecule has 9 nitrogen and oxygen atoms in total. The van der Waals surface area contributed by atoms with E-state index in [1.165, 1.54) is 6.20 Å². The van der Waals surface area contributed by atoms with Crippen LogP contribution in [0.5, 0.6) is 0 Å². The van der Waals surface area contributed by atoms with Crippen LogP contribution in [0.15, 0.2) is 40.1 Å². The molecule has 0 bridgehead atoms. The molecule has 0 saturated carbocycles. The molecule has 3 aromatic rings. The Morgan fingerprint density at radius 3 is 2.58 bits per heavy atom. The first-order valence-corrected chi connectivity index (χ1v) is 9.98. The number of amides is 1. The molecule has 1 N–H and O–H groups in total. The van der Waals surface area contributed by atoms with E-state index in [4.69, 9.17) is 27.9 Å². The summed E-state index contributed by atoms with van der Waals surface area (Å²) in [6, 6.07) is 6.45. The number of pyridine rings is 1. The normalized spacial score (nSPS) is 10.8. The molecule has 0 atom stereocenters.